The van der Waals surface area contributed by atoms with Crippen LogP contribution >= 0.6 is 11.6 Å². The molecule has 0 aliphatic rings. The molecule has 0 fully saturated rings. The van der Waals surface area contributed by atoms with Crippen molar-refractivity contribution >= 4 is 17.4 Å². The number of aromatic amines is 2. The van der Waals surface area contributed by atoms with E-state index in [0.29, 0.717) is 12.4 Å². The Labute approximate surface area is 102 Å². The maximum Gasteiger partial charge on any atom is 0.271 e. The quantitative estimate of drug-likeness (QED) is 0.678. The summed E-state index contributed by atoms with van der Waals surface area (Å²) >= 11 is 5.77. The molecule has 0 radical (unpaired) electrons. The lowest BCUT2D eigenvalue weighted by Gasteiger charge is -2.05. The van der Waals surface area contributed by atoms with Crippen molar-refractivity contribution in [2.45, 2.75) is 12.8 Å². The van der Waals surface area contributed by atoms with Crippen LogP contribution in [0.2, 0.25) is 5.02 Å². The fraction of sp³-hybridized carbons (Fsp3) is 0.333. The van der Waals surface area contributed by atoms with E-state index >= 15 is 0 Å². The summed E-state index contributed by atoms with van der Waals surface area (Å²) in [5, 5.41) is 9.59. The van der Waals surface area contributed by atoms with Gasteiger partial charge in [-0.1, -0.05) is 11.6 Å². The van der Waals surface area contributed by atoms with Crippen molar-refractivity contribution in [1.82, 2.24) is 25.1 Å². The molecule has 0 atom stereocenters. The topological polar surface area (TPSA) is 99.3 Å². The number of aryl methyl sites for hydroxylation is 1. The van der Waals surface area contributed by atoms with Gasteiger partial charge in [-0.15, -0.1) is 0 Å². The summed E-state index contributed by atoms with van der Waals surface area (Å²) in [6.07, 6.45) is 4.39. The molecule has 90 valence electrons. The van der Waals surface area contributed by atoms with Crippen LogP contribution in [0.3, 0.4) is 0 Å². The van der Waals surface area contributed by atoms with Gasteiger partial charge in [-0.05, 0) is 6.42 Å². The number of hydrogen-bond donors (Lipinski definition) is 3. The minimum atomic E-state index is -0.348. The molecule has 2 aromatic rings. The minimum absolute atomic E-state index is 0.0761. The molecule has 17 heavy (non-hydrogen) atoms. The Morgan fingerprint density at radius 1 is 1.41 bits per heavy atom. The second-order valence-electron chi connectivity index (χ2n) is 3.36. The summed E-state index contributed by atoms with van der Waals surface area (Å²) in [6.45, 7) is 0.650. The Kier molecular flexibility index (Phi) is 3.71. The Balaban J connectivity index is 1.82. The number of anilines is 1. The van der Waals surface area contributed by atoms with Crippen LogP contribution in [0.25, 0.3) is 0 Å². The first-order chi connectivity index (χ1) is 8.27. The summed E-state index contributed by atoms with van der Waals surface area (Å²) in [6, 6.07) is 0. The van der Waals surface area contributed by atoms with Crippen molar-refractivity contribution in [1.29, 1.82) is 0 Å². The molecular formula is C9H11ClN6O. The number of nitrogens with one attached hydrogen (secondary N) is 3. The highest BCUT2D eigenvalue weighted by Gasteiger charge is 2.04. The van der Waals surface area contributed by atoms with E-state index in [1.165, 1.54) is 12.7 Å². The van der Waals surface area contributed by atoms with Gasteiger partial charge >= 0.3 is 0 Å². The van der Waals surface area contributed by atoms with E-state index in [9.17, 15) is 4.79 Å². The smallest absolute Gasteiger partial charge is 0.271 e. The van der Waals surface area contributed by atoms with Gasteiger partial charge < -0.3 is 10.3 Å². The van der Waals surface area contributed by atoms with E-state index in [2.05, 4.69) is 30.5 Å². The Bertz CT molecular complexity index is 523. The Morgan fingerprint density at radius 3 is 3.06 bits per heavy atom. The van der Waals surface area contributed by atoms with E-state index < -0.39 is 0 Å². The molecule has 7 nitrogen and oxygen atoms in total. The second kappa shape index (κ2) is 5.44. The summed E-state index contributed by atoms with van der Waals surface area (Å²) < 4.78 is 0. The van der Waals surface area contributed by atoms with Gasteiger partial charge in [0.25, 0.3) is 5.56 Å². The third-order valence-electron chi connectivity index (χ3n) is 2.14. The molecule has 0 saturated heterocycles. The van der Waals surface area contributed by atoms with Crippen LogP contribution in [0.15, 0.2) is 17.4 Å². The lowest BCUT2D eigenvalue weighted by atomic mass is 10.3. The van der Waals surface area contributed by atoms with Crippen molar-refractivity contribution < 1.29 is 0 Å². The maximum atomic E-state index is 11.2. The van der Waals surface area contributed by atoms with E-state index in [1.807, 2.05) is 0 Å². The van der Waals surface area contributed by atoms with Gasteiger partial charge in [0.15, 0.2) is 5.82 Å². The van der Waals surface area contributed by atoms with Crippen LogP contribution in [-0.2, 0) is 6.42 Å². The molecule has 0 aliphatic heterocycles. The molecule has 0 unspecified atom stereocenters. The van der Waals surface area contributed by atoms with Gasteiger partial charge in [0.1, 0.15) is 17.2 Å². The SMILES string of the molecule is O=c1[nH]cnc(NCCCc2ncn[nH]2)c1Cl. The van der Waals surface area contributed by atoms with Crippen LogP contribution in [0.4, 0.5) is 5.82 Å². The second-order valence-corrected chi connectivity index (χ2v) is 3.73. The lowest BCUT2D eigenvalue weighted by molar-refractivity contribution is 0.803. The van der Waals surface area contributed by atoms with Gasteiger partial charge in [-0.2, -0.15) is 5.10 Å². The molecule has 0 spiro atoms. The molecule has 2 rings (SSSR count). The van der Waals surface area contributed by atoms with Crippen molar-refractivity contribution in [3.05, 3.63) is 33.9 Å². The first-order valence-corrected chi connectivity index (χ1v) is 5.46. The van der Waals surface area contributed by atoms with Crippen molar-refractivity contribution in [2.75, 3.05) is 11.9 Å². The monoisotopic (exact) mass is 254 g/mol. The van der Waals surface area contributed by atoms with Gasteiger partial charge in [-0.3, -0.25) is 9.89 Å². The third kappa shape index (κ3) is 3.04. The minimum Gasteiger partial charge on any atom is -0.369 e. The molecule has 0 aromatic carbocycles. The molecule has 0 saturated carbocycles. The normalized spacial score (nSPS) is 10.4. The highest BCUT2D eigenvalue weighted by molar-refractivity contribution is 6.32. The first-order valence-electron chi connectivity index (χ1n) is 5.08. The van der Waals surface area contributed by atoms with E-state index in [4.69, 9.17) is 11.6 Å². The van der Waals surface area contributed by atoms with Crippen LogP contribution in [-0.4, -0.2) is 31.7 Å². The third-order valence-corrected chi connectivity index (χ3v) is 2.49. The van der Waals surface area contributed by atoms with Crippen LogP contribution < -0.4 is 10.9 Å². The van der Waals surface area contributed by atoms with Gasteiger partial charge in [0.2, 0.25) is 0 Å². The summed E-state index contributed by atoms with van der Waals surface area (Å²) in [5.41, 5.74) is -0.348. The molecular weight excluding hydrogens is 244 g/mol. The molecule has 0 aliphatic carbocycles. The fourth-order valence-electron chi connectivity index (χ4n) is 1.32. The zero-order valence-corrected chi connectivity index (χ0v) is 9.66. The average molecular weight is 255 g/mol. The predicted octanol–water partition coefficient (Wildman–Crippen LogP) is 0.586. The number of hydrogen-bond acceptors (Lipinski definition) is 5. The number of rotatable bonds is 5. The highest BCUT2D eigenvalue weighted by atomic mass is 35.5. The lowest BCUT2D eigenvalue weighted by Crippen LogP contribution is -2.13. The molecule has 2 aromatic heterocycles. The van der Waals surface area contributed by atoms with E-state index in [-0.39, 0.29) is 10.6 Å². The van der Waals surface area contributed by atoms with Gasteiger partial charge in [-0.25, -0.2) is 9.97 Å². The molecule has 8 heteroatoms. The zero-order chi connectivity index (χ0) is 12.1. The molecule has 0 amide bonds. The van der Waals surface area contributed by atoms with Crippen LogP contribution in [0.1, 0.15) is 12.2 Å². The largest absolute Gasteiger partial charge is 0.369 e. The van der Waals surface area contributed by atoms with Crippen LogP contribution in [0.5, 0.6) is 0 Å². The number of halogens is 1. The maximum absolute atomic E-state index is 11.2. The Morgan fingerprint density at radius 2 is 2.29 bits per heavy atom. The highest BCUT2D eigenvalue weighted by Crippen LogP contribution is 2.11. The molecule has 3 N–H and O–H groups in total. The summed E-state index contributed by atoms with van der Waals surface area (Å²) in [7, 11) is 0. The van der Waals surface area contributed by atoms with Crippen LogP contribution in [0, 0.1) is 0 Å². The average Bonchev–Trinajstić information content (AvgIpc) is 2.83. The standard InChI is InChI=1S/C9H11ClN6O/c10-7-8(13-4-14-9(7)17)11-3-1-2-6-12-5-15-16-6/h4-5H,1-3H2,(H,12,15,16)(H2,11,13,14,17). The molecule has 2 heterocycles. The summed E-state index contributed by atoms with van der Waals surface area (Å²) in [4.78, 5) is 21.5. The summed E-state index contributed by atoms with van der Waals surface area (Å²) in [5.74, 6) is 1.23. The number of aromatic nitrogens is 5. The fourth-order valence-corrected chi connectivity index (χ4v) is 1.49. The van der Waals surface area contributed by atoms with Crippen molar-refractivity contribution in [2.24, 2.45) is 0 Å². The zero-order valence-electron chi connectivity index (χ0n) is 8.90. The van der Waals surface area contributed by atoms with Gasteiger partial charge in [0, 0.05) is 13.0 Å². The van der Waals surface area contributed by atoms with E-state index in [1.54, 1.807) is 0 Å². The van der Waals surface area contributed by atoms with Crippen molar-refractivity contribution in [3.63, 3.8) is 0 Å². The number of nitrogens with zero attached hydrogens (tertiary/aromatic N) is 3. The Hall–Kier alpha value is -1.89. The number of H-pyrrole nitrogens is 2. The molecule has 0 bridgehead atoms. The van der Waals surface area contributed by atoms with Gasteiger partial charge in [0.05, 0.1) is 6.33 Å². The van der Waals surface area contributed by atoms with E-state index in [0.717, 1.165) is 18.7 Å². The first kappa shape index (κ1) is 11.6. The van der Waals surface area contributed by atoms with Crippen molar-refractivity contribution in [3.8, 4) is 0 Å². The predicted molar refractivity (Wildman–Crippen MR) is 63.1 cm³/mol.